The molecule has 2 fully saturated rings. The van der Waals surface area contributed by atoms with Crippen LogP contribution in [0.25, 0.3) is 32.7 Å². The summed E-state index contributed by atoms with van der Waals surface area (Å²) >= 11 is 1.58. The Morgan fingerprint density at radius 1 is 0.983 bits per heavy atom. The number of hydrogen-bond acceptors (Lipinski definition) is 12. The molecule has 58 heavy (non-hydrogen) atoms. The number of β-amino-alcohol motifs (C(OH)–C–C–N with tert-alkyl or cyclic N) is 1. The van der Waals surface area contributed by atoms with Crippen molar-refractivity contribution in [2.24, 2.45) is 5.92 Å². The summed E-state index contributed by atoms with van der Waals surface area (Å²) in [6.45, 7) is 9.57. The fraction of sp³-hybridized carbons (Fsp3) is 0.357. The van der Waals surface area contributed by atoms with Crippen LogP contribution < -0.4 is 10.2 Å². The zero-order valence-electron chi connectivity index (χ0n) is 32.6. The summed E-state index contributed by atoms with van der Waals surface area (Å²) in [5, 5.41) is 37.5. The Bertz CT molecular complexity index is 2450. The molecule has 2 saturated heterocycles. The first-order valence-corrected chi connectivity index (χ1v) is 20.3. The molecule has 2 aromatic carbocycles. The molecule has 0 saturated carbocycles. The van der Waals surface area contributed by atoms with Crippen LogP contribution in [0.15, 0.2) is 76.8 Å². The molecule has 15 nitrogen and oxygen atoms in total. The standard InChI is InChI=1S/C42H45N9O6S/c1-23(2)37(42(56)51-21-29(52)19-33(51)40(54)44-24(3)26-9-11-27(12-10-26)38-25(4)43-22-58-38)35-20-36(48-57-35)49-13-15-50(16-14-49)41(55)32-18-28-17-31(46-47-39(28)45-32)30-7-5-6-8-34(30)53/h5-12,17-18,20,22-24,29,33,37,52-53H,13-16,19,21H2,1-4H3,(H,44,54)(H,45,47)/t24-,29+,33-,37+/m0/s1. The molecular weight excluding hydrogens is 759 g/mol. The minimum Gasteiger partial charge on any atom is -0.507 e. The van der Waals surface area contributed by atoms with Crippen LogP contribution in [0.5, 0.6) is 5.75 Å². The highest BCUT2D eigenvalue weighted by Crippen LogP contribution is 2.34. The zero-order chi connectivity index (χ0) is 40.7. The van der Waals surface area contributed by atoms with Gasteiger partial charge in [0.25, 0.3) is 5.91 Å². The second-order valence-corrected chi connectivity index (χ2v) is 16.2. The number of benzene rings is 2. The number of aliphatic hydroxyl groups excluding tert-OH is 1. The molecule has 4 atom stereocenters. The Labute approximate surface area is 338 Å². The number of para-hydroxylation sites is 1. The van der Waals surface area contributed by atoms with Crippen molar-refractivity contribution in [3.05, 3.63) is 95.0 Å². The Morgan fingerprint density at radius 2 is 1.74 bits per heavy atom. The lowest BCUT2D eigenvalue weighted by Gasteiger charge is -2.34. The van der Waals surface area contributed by atoms with Gasteiger partial charge < -0.3 is 39.7 Å². The van der Waals surface area contributed by atoms with Gasteiger partial charge in [-0.15, -0.1) is 21.5 Å². The predicted octanol–water partition coefficient (Wildman–Crippen LogP) is 5.29. The molecule has 3 amide bonds. The Kier molecular flexibility index (Phi) is 10.7. The van der Waals surface area contributed by atoms with Crippen molar-refractivity contribution in [1.82, 2.24) is 40.4 Å². The Morgan fingerprint density at radius 3 is 2.45 bits per heavy atom. The number of phenols is 1. The molecule has 0 aliphatic carbocycles. The first kappa shape index (κ1) is 38.7. The largest absolute Gasteiger partial charge is 0.507 e. The van der Waals surface area contributed by atoms with Crippen LogP contribution in [0.1, 0.15) is 66.7 Å². The summed E-state index contributed by atoms with van der Waals surface area (Å²) in [5.74, 6) is -0.712. The number of carbonyl (C=O) groups excluding carboxylic acids is 3. The van der Waals surface area contributed by atoms with Crippen LogP contribution in [0.4, 0.5) is 5.82 Å². The van der Waals surface area contributed by atoms with E-state index in [0.717, 1.165) is 21.7 Å². The fourth-order valence-electron chi connectivity index (χ4n) is 7.87. The van der Waals surface area contributed by atoms with Gasteiger partial charge in [0.05, 0.1) is 33.9 Å². The molecule has 2 aliphatic rings. The molecule has 16 heteroatoms. The number of amides is 3. The van der Waals surface area contributed by atoms with Crippen LogP contribution in [-0.2, 0) is 9.59 Å². The quantitative estimate of drug-likeness (QED) is 0.141. The van der Waals surface area contributed by atoms with E-state index < -0.39 is 18.1 Å². The maximum Gasteiger partial charge on any atom is 0.270 e. The second kappa shape index (κ2) is 16.0. The number of aryl methyl sites for hydroxylation is 1. The van der Waals surface area contributed by atoms with Crippen LogP contribution in [-0.4, -0.2) is 108 Å². The van der Waals surface area contributed by atoms with E-state index in [9.17, 15) is 24.6 Å². The van der Waals surface area contributed by atoms with Crippen molar-refractivity contribution in [1.29, 1.82) is 0 Å². The number of nitrogens with zero attached hydrogens (tertiary/aromatic N) is 7. The van der Waals surface area contributed by atoms with E-state index in [2.05, 4.69) is 30.6 Å². The maximum absolute atomic E-state index is 14.3. The van der Waals surface area contributed by atoms with Crippen molar-refractivity contribution in [2.75, 3.05) is 37.6 Å². The predicted molar refractivity (Wildman–Crippen MR) is 218 cm³/mol. The third-order valence-electron chi connectivity index (χ3n) is 11.1. The average molecular weight is 804 g/mol. The number of rotatable bonds is 10. The number of piperazine rings is 1. The molecule has 4 aromatic heterocycles. The summed E-state index contributed by atoms with van der Waals surface area (Å²) < 4.78 is 5.82. The normalized spacial score (nSPS) is 18.2. The van der Waals surface area contributed by atoms with Crippen molar-refractivity contribution < 1.29 is 29.1 Å². The highest BCUT2D eigenvalue weighted by molar-refractivity contribution is 7.13. The third-order valence-corrected chi connectivity index (χ3v) is 12.1. The van der Waals surface area contributed by atoms with Gasteiger partial charge in [-0.2, -0.15) is 0 Å². The second-order valence-electron chi connectivity index (χ2n) is 15.3. The van der Waals surface area contributed by atoms with Gasteiger partial charge in [0.1, 0.15) is 23.4 Å². The van der Waals surface area contributed by atoms with Crippen molar-refractivity contribution >= 4 is 45.9 Å². The van der Waals surface area contributed by atoms with Crippen LogP contribution in [0, 0.1) is 12.8 Å². The van der Waals surface area contributed by atoms with E-state index >= 15 is 0 Å². The number of nitrogens with one attached hydrogen (secondary N) is 2. The molecule has 6 aromatic rings. The molecule has 0 unspecified atom stereocenters. The lowest BCUT2D eigenvalue weighted by Crippen LogP contribution is -2.49. The molecule has 0 radical (unpaired) electrons. The number of likely N-dealkylation sites (tertiary alicyclic amines) is 1. The van der Waals surface area contributed by atoms with Crippen LogP contribution in [0.2, 0.25) is 0 Å². The van der Waals surface area contributed by atoms with E-state index in [-0.39, 0.29) is 48.4 Å². The number of fused-ring (bicyclic) bond motifs is 1. The molecule has 0 spiro atoms. The number of anilines is 1. The smallest absolute Gasteiger partial charge is 0.270 e. The van der Waals surface area contributed by atoms with Gasteiger partial charge >= 0.3 is 0 Å². The lowest BCUT2D eigenvalue weighted by molar-refractivity contribution is -0.141. The summed E-state index contributed by atoms with van der Waals surface area (Å²) in [6.07, 6.45) is -0.707. The van der Waals surface area contributed by atoms with Gasteiger partial charge in [0, 0.05) is 56.2 Å². The Hall–Kier alpha value is -6.13. The summed E-state index contributed by atoms with van der Waals surface area (Å²) in [7, 11) is 0. The maximum atomic E-state index is 14.3. The SMILES string of the molecule is Cc1ncsc1-c1ccc([C@H](C)NC(=O)[C@@H]2C[C@@H](O)CN2C(=O)[C@@H](c2cc(N3CCN(C(=O)c4cc5cc(-c6ccccc6O)nnc5[nH]4)CC3)no2)C(C)C)cc1. The van der Waals surface area contributed by atoms with Crippen LogP contribution in [0.3, 0.4) is 0 Å². The van der Waals surface area contributed by atoms with Gasteiger partial charge in [-0.3, -0.25) is 14.4 Å². The van der Waals surface area contributed by atoms with Gasteiger partial charge in [-0.1, -0.05) is 55.4 Å². The van der Waals surface area contributed by atoms with Crippen LogP contribution >= 0.6 is 11.3 Å². The Balaban J connectivity index is 0.897. The average Bonchev–Trinajstić information content (AvgIpc) is 4.04. The number of aliphatic hydroxyl groups is 1. The van der Waals surface area contributed by atoms with E-state index in [0.29, 0.717) is 65.7 Å². The lowest BCUT2D eigenvalue weighted by atomic mass is 9.91. The van der Waals surface area contributed by atoms with Crippen molar-refractivity contribution in [2.45, 2.75) is 58.2 Å². The number of thiazole rings is 1. The fourth-order valence-corrected chi connectivity index (χ4v) is 8.68. The third kappa shape index (κ3) is 7.64. The summed E-state index contributed by atoms with van der Waals surface area (Å²) in [5.41, 5.74) is 6.68. The van der Waals surface area contributed by atoms with Gasteiger partial charge in [0.2, 0.25) is 11.8 Å². The minimum absolute atomic E-state index is 0.0368. The molecule has 4 N–H and O–H groups in total. The van der Waals surface area contributed by atoms with Crippen molar-refractivity contribution in [3.8, 4) is 27.4 Å². The molecule has 2 aliphatic heterocycles. The number of phenolic OH excluding ortho intramolecular Hbond substituents is 1. The monoisotopic (exact) mass is 803 g/mol. The molecule has 300 valence electrons. The first-order chi connectivity index (χ1) is 27.9. The minimum atomic E-state index is -0.845. The number of carbonyl (C=O) groups is 3. The molecular formula is C42H45N9O6S. The van der Waals surface area contributed by atoms with E-state index in [1.807, 2.05) is 62.4 Å². The van der Waals surface area contributed by atoms with Crippen molar-refractivity contribution in [3.63, 3.8) is 0 Å². The van der Waals surface area contributed by atoms with E-state index in [4.69, 9.17) is 4.52 Å². The molecule has 8 rings (SSSR count). The van der Waals surface area contributed by atoms with Gasteiger partial charge in [-0.05, 0) is 55.2 Å². The van der Waals surface area contributed by atoms with Gasteiger partial charge in [0.15, 0.2) is 17.2 Å². The summed E-state index contributed by atoms with van der Waals surface area (Å²) in [6, 6.07) is 19.0. The topological polar surface area (TPSA) is 194 Å². The zero-order valence-corrected chi connectivity index (χ0v) is 33.4. The number of aromatic nitrogens is 5. The van der Waals surface area contributed by atoms with E-state index in [1.165, 1.54) is 4.90 Å². The first-order valence-electron chi connectivity index (χ1n) is 19.4. The van der Waals surface area contributed by atoms with Gasteiger partial charge in [-0.25, -0.2) is 4.98 Å². The number of aromatic hydroxyl groups is 1. The van der Waals surface area contributed by atoms with E-state index in [1.54, 1.807) is 58.7 Å². The highest BCUT2D eigenvalue weighted by atomic mass is 32.1. The number of aromatic amines is 1. The molecule has 0 bridgehead atoms. The number of H-pyrrole nitrogens is 1. The summed E-state index contributed by atoms with van der Waals surface area (Å²) in [4.78, 5) is 55.3. The molecule has 6 heterocycles. The highest BCUT2D eigenvalue weighted by Gasteiger charge is 2.43. The number of hydrogen-bond donors (Lipinski definition) is 4.